The summed E-state index contributed by atoms with van der Waals surface area (Å²) in [6, 6.07) is 7.58. The fraction of sp³-hybridized carbons (Fsp3) is 0.267. The van der Waals surface area contributed by atoms with E-state index in [4.69, 9.17) is 0 Å². The van der Waals surface area contributed by atoms with Gasteiger partial charge in [0.2, 0.25) is 5.70 Å². The average molecular weight is 271 g/mol. The third-order valence-corrected chi connectivity index (χ3v) is 2.88. The summed E-state index contributed by atoms with van der Waals surface area (Å²) in [5.41, 5.74) is 2.06. The van der Waals surface area contributed by atoms with E-state index in [1.807, 2.05) is 48.9 Å². The predicted molar refractivity (Wildman–Crippen MR) is 78.0 cm³/mol. The molecule has 0 bridgehead atoms. The van der Waals surface area contributed by atoms with Crippen LogP contribution < -0.4 is 0 Å². The van der Waals surface area contributed by atoms with Gasteiger partial charge in [-0.1, -0.05) is 26.0 Å². The molecule has 0 spiro atoms. The third kappa shape index (κ3) is 3.54. The summed E-state index contributed by atoms with van der Waals surface area (Å²) >= 11 is 0. The predicted octanol–water partition coefficient (Wildman–Crippen LogP) is 3.54. The second-order valence-corrected chi connectivity index (χ2v) is 5.05. The molecule has 1 heterocycles. The minimum atomic E-state index is -0.302. The fourth-order valence-electron chi connectivity index (χ4n) is 1.95. The first-order chi connectivity index (χ1) is 9.56. The van der Waals surface area contributed by atoms with Crippen LogP contribution in [0.2, 0.25) is 0 Å². The van der Waals surface area contributed by atoms with Gasteiger partial charge in [-0.2, -0.15) is 0 Å². The summed E-state index contributed by atoms with van der Waals surface area (Å²) in [5, 5.41) is 11.0. The Bertz CT molecular complexity index is 599. The van der Waals surface area contributed by atoms with E-state index in [1.165, 1.54) is 0 Å². The summed E-state index contributed by atoms with van der Waals surface area (Å²) < 4.78 is 1.88. The maximum Gasteiger partial charge on any atom is 0.247 e. The molecule has 0 saturated heterocycles. The standard InChI is InChI=1S/C15H17N3O2/c1-12(2)9-15(18(19)20)10-13-3-5-14(6-4-13)17-8-7-16-11-17/h3-8,10-12H,9H2,1-2H3. The van der Waals surface area contributed by atoms with E-state index >= 15 is 0 Å². The molecular weight excluding hydrogens is 254 g/mol. The summed E-state index contributed by atoms with van der Waals surface area (Å²) in [5.74, 6) is 0.261. The SMILES string of the molecule is CC(C)CC(=Cc1ccc(-n2ccnc2)cc1)[N+](=O)[O-]. The van der Waals surface area contributed by atoms with Crippen LogP contribution in [-0.4, -0.2) is 14.5 Å². The molecule has 104 valence electrons. The number of allylic oxidation sites excluding steroid dienone is 1. The highest BCUT2D eigenvalue weighted by molar-refractivity contribution is 5.53. The van der Waals surface area contributed by atoms with Gasteiger partial charge in [0.15, 0.2) is 0 Å². The van der Waals surface area contributed by atoms with Crippen molar-refractivity contribution in [2.45, 2.75) is 20.3 Å². The molecule has 1 aromatic carbocycles. The van der Waals surface area contributed by atoms with E-state index < -0.39 is 0 Å². The Kier molecular flexibility index (Phi) is 4.30. The first-order valence-electron chi connectivity index (χ1n) is 6.49. The van der Waals surface area contributed by atoms with Gasteiger partial charge >= 0.3 is 0 Å². The van der Waals surface area contributed by atoms with Crippen molar-refractivity contribution in [2.75, 3.05) is 0 Å². The van der Waals surface area contributed by atoms with Crippen molar-refractivity contribution in [1.82, 2.24) is 9.55 Å². The van der Waals surface area contributed by atoms with Gasteiger partial charge in [-0.25, -0.2) is 4.98 Å². The van der Waals surface area contributed by atoms with Gasteiger partial charge < -0.3 is 4.57 Å². The van der Waals surface area contributed by atoms with Crippen LogP contribution in [0.3, 0.4) is 0 Å². The molecule has 0 unspecified atom stereocenters. The lowest BCUT2D eigenvalue weighted by Crippen LogP contribution is -2.02. The van der Waals surface area contributed by atoms with Crippen molar-refractivity contribution in [3.05, 3.63) is 64.4 Å². The number of nitrogens with zero attached hydrogens (tertiary/aromatic N) is 3. The zero-order valence-electron chi connectivity index (χ0n) is 11.6. The molecule has 2 aromatic rings. The van der Waals surface area contributed by atoms with Crippen LogP contribution in [0, 0.1) is 16.0 Å². The smallest absolute Gasteiger partial charge is 0.247 e. The quantitative estimate of drug-likeness (QED) is 0.617. The number of benzene rings is 1. The first kappa shape index (κ1) is 14.0. The van der Waals surface area contributed by atoms with E-state index in [2.05, 4.69) is 4.98 Å². The van der Waals surface area contributed by atoms with Crippen molar-refractivity contribution >= 4 is 6.08 Å². The summed E-state index contributed by atoms with van der Waals surface area (Å²) in [6.07, 6.45) is 7.38. The second-order valence-electron chi connectivity index (χ2n) is 5.05. The number of aromatic nitrogens is 2. The monoisotopic (exact) mass is 271 g/mol. The molecule has 0 N–H and O–H groups in total. The zero-order chi connectivity index (χ0) is 14.5. The highest BCUT2D eigenvalue weighted by Crippen LogP contribution is 2.17. The molecule has 0 aliphatic carbocycles. The Morgan fingerprint density at radius 1 is 1.40 bits per heavy atom. The highest BCUT2D eigenvalue weighted by Gasteiger charge is 2.12. The van der Waals surface area contributed by atoms with E-state index in [1.54, 1.807) is 18.6 Å². The van der Waals surface area contributed by atoms with Gasteiger partial charge in [-0.3, -0.25) is 10.1 Å². The van der Waals surface area contributed by atoms with Crippen LogP contribution in [0.4, 0.5) is 0 Å². The van der Waals surface area contributed by atoms with Crippen LogP contribution in [-0.2, 0) is 0 Å². The number of nitro groups is 1. The Morgan fingerprint density at radius 3 is 2.60 bits per heavy atom. The number of imidazole rings is 1. The molecule has 0 aliphatic rings. The van der Waals surface area contributed by atoms with Crippen molar-refractivity contribution in [3.8, 4) is 5.69 Å². The first-order valence-corrected chi connectivity index (χ1v) is 6.49. The van der Waals surface area contributed by atoms with Gasteiger partial charge in [0.25, 0.3) is 0 Å². The lowest BCUT2D eigenvalue weighted by atomic mass is 10.1. The maximum atomic E-state index is 11.0. The molecule has 0 radical (unpaired) electrons. The van der Waals surface area contributed by atoms with Crippen LogP contribution in [0.25, 0.3) is 11.8 Å². The topological polar surface area (TPSA) is 61.0 Å². The lowest BCUT2D eigenvalue weighted by Gasteiger charge is -2.04. The van der Waals surface area contributed by atoms with Gasteiger partial charge in [0.1, 0.15) is 0 Å². The van der Waals surface area contributed by atoms with Crippen LogP contribution in [0.1, 0.15) is 25.8 Å². The number of rotatable bonds is 5. The van der Waals surface area contributed by atoms with Crippen molar-refractivity contribution in [2.24, 2.45) is 5.92 Å². The number of hydrogen-bond donors (Lipinski definition) is 0. The molecule has 5 heteroatoms. The van der Waals surface area contributed by atoms with Gasteiger partial charge in [-0.15, -0.1) is 0 Å². The van der Waals surface area contributed by atoms with E-state index in [0.717, 1.165) is 11.3 Å². The van der Waals surface area contributed by atoms with Gasteiger partial charge in [0, 0.05) is 30.6 Å². The molecule has 0 saturated carbocycles. The molecule has 1 aromatic heterocycles. The van der Waals surface area contributed by atoms with Gasteiger partial charge in [-0.05, 0) is 23.6 Å². The van der Waals surface area contributed by atoms with Crippen LogP contribution in [0.5, 0.6) is 0 Å². The van der Waals surface area contributed by atoms with E-state index in [0.29, 0.717) is 6.42 Å². The zero-order valence-corrected chi connectivity index (χ0v) is 11.6. The molecular formula is C15H17N3O2. The summed E-state index contributed by atoms with van der Waals surface area (Å²) in [4.78, 5) is 14.7. The molecule has 0 aliphatic heterocycles. The second kappa shape index (κ2) is 6.14. The van der Waals surface area contributed by atoms with Crippen LogP contribution >= 0.6 is 0 Å². The van der Waals surface area contributed by atoms with Gasteiger partial charge in [0.05, 0.1) is 11.3 Å². The van der Waals surface area contributed by atoms with Crippen molar-refractivity contribution in [1.29, 1.82) is 0 Å². The van der Waals surface area contributed by atoms with E-state index in [-0.39, 0.29) is 16.5 Å². The van der Waals surface area contributed by atoms with Crippen LogP contribution in [0.15, 0.2) is 48.7 Å². The summed E-state index contributed by atoms with van der Waals surface area (Å²) in [6.45, 7) is 3.94. The Balaban J connectivity index is 2.22. The summed E-state index contributed by atoms with van der Waals surface area (Å²) in [7, 11) is 0. The molecule has 2 rings (SSSR count). The molecule has 5 nitrogen and oxygen atoms in total. The Morgan fingerprint density at radius 2 is 2.10 bits per heavy atom. The normalized spacial score (nSPS) is 11.8. The minimum Gasteiger partial charge on any atom is -0.306 e. The maximum absolute atomic E-state index is 11.0. The average Bonchev–Trinajstić information content (AvgIpc) is 2.92. The van der Waals surface area contributed by atoms with E-state index in [9.17, 15) is 10.1 Å². The minimum absolute atomic E-state index is 0.246. The highest BCUT2D eigenvalue weighted by atomic mass is 16.6. The fourth-order valence-corrected chi connectivity index (χ4v) is 1.95. The lowest BCUT2D eigenvalue weighted by molar-refractivity contribution is -0.427. The molecule has 0 atom stereocenters. The largest absolute Gasteiger partial charge is 0.306 e. The Labute approximate surface area is 117 Å². The van der Waals surface area contributed by atoms with Crippen molar-refractivity contribution in [3.63, 3.8) is 0 Å². The Hall–Kier alpha value is -2.43. The third-order valence-electron chi connectivity index (χ3n) is 2.88. The van der Waals surface area contributed by atoms with Crippen molar-refractivity contribution < 1.29 is 4.92 Å². The number of hydrogen-bond acceptors (Lipinski definition) is 3. The molecule has 0 fully saturated rings. The molecule has 0 amide bonds. The molecule has 20 heavy (non-hydrogen) atoms.